The zero-order valence-corrected chi connectivity index (χ0v) is 11.6. The molecular weight excluding hydrogens is 256 g/mol. The minimum absolute atomic E-state index is 0.316. The van der Waals surface area contributed by atoms with E-state index in [-0.39, 0.29) is 11.2 Å². The summed E-state index contributed by atoms with van der Waals surface area (Å²) in [6, 6.07) is 7.60. The molecule has 2 aromatic heterocycles. The molecule has 0 saturated heterocycles. The highest BCUT2D eigenvalue weighted by Gasteiger charge is 2.22. The van der Waals surface area contributed by atoms with E-state index in [9.17, 15) is 9.59 Å². The summed E-state index contributed by atoms with van der Waals surface area (Å²) in [6.45, 7) is 2.60. The second-order valence-corrected chi connectivity index (χ2v) is 4.72. The molecule has 0 N–H and O–H groups in total. The van der Waals surface area contributed by atoms with Crippen LogP contribution in [0.15, 0.2) is 33.9 Å². The van der Waals surface area contributed by atoms with Gasteiger partial charge in [0, 0.05) is 20.2 Å². The van der Waals surface area contributed by atoms with E-state index < -0.39 is 0 Å². The Labute approximate surface area is 114 Å². The second kappa shape index (κ2) is 4.26. The van der Waals surface area contributed by atoms with Gasteiger partial charge in [-0.3, -0.25) is 13.9 Å². The lowest BCUT2D eigenvalue weighted by Crippen LogP contribution is -2.46. The van der Waals surface area contributed by atoms with Crippen molar-refractivity contribution in [3.8, 4) is 0 Å². The molecule has 0 bridgehead atoms. The number of aryl methyl sites for hydroxylation is 2. The van der Waals surface area contributed by atoms with Crippen molar-refractivity contribution in [3.05, 3.63) is 45.1 Å². The largest absolute Gasteiger partial charge is 0.332 e. The van der Waals surface area contributed by atoms with Crippen LogP contribution in [0.4, 0.5) is 0 Å². The molecule has 3 rings (SSSR count). The summed E-state index contributed by atoms with van der Waals surface area (Å²) in [4.78, 5) is 28.9. The van der Waals surface area contributed by atoms with Crippen molar-refractivity contribution < 1.29 is 4.57 Å². The number of hydrogen-bond donors (Lipinski definition) is 0. The zero-order chi connectivity index (χ0) is 14.4. The Hall–Kier alpha value is -2.50. The van der Waals surface area contributed by atoms with Gasteiger partial charge in [0.25, 0.3) is 0 Å². The monoisotopic (exact) mass is 271 g/mol. The molecule has 6 heteroatoms. The topological polar surface area (TPSA) is 60.8 Å². The molecule has 20 heavy (non-hydrogen) atoms. The van der Waals surface area contributed by atoms with E-state index in [0.29, 0.717) is 17.7 Å². The fourth-order valence-corrected chi connectivity index (χ4v) is 2.53. The average Bonchev–Trinajstić information content (AvgIpc) is 2.48. The third-order valence-electron chi connectivity index (χ3n) is 3.60. The summed E-state index contributed by atoms with van der Waals surface area (Å²) in [6.07, 6.45) is 0. The highest BCUT2D eigenvalue weighted by Crippen LogP contribution is 2.10. The maximum Gasteiger partial charge on any atom is 0.332 e. The van der Waals surface area contributed by atoms with Crippen molar-refractivity contribution in [2.24, 2.45) is 14.1 Å². The maximum absolute atomic E-state index is 12.4. The van der Waals surface area contributed by atoms with Gasteiger partial charge in [0.15, 0.2) is 0 Å². The van der Waals surface area contributed by atoms with Crippen LogP contribution < -0.4 is 15.8 Å². The minimum atomic E-state index is -0.368. The Morgan fingerprint density at radius 1 is 1.15 bits per heavy atom. The van der Waals surface area contributed by atoms with Gasteiger partial charge in [-0.25, -0.2) is 9.78 Å². The molecule has 3 aromatic rings. The van der Waals surface area contributed by atoms with Crippen LogP contribution >= 0.6 is 0 Å². The normalized spacial score (nSPS) is 11.3. The standard InChI is InChI=1S/C14H15N4O2/c1-4-18-10-8-6-5-7-9(10)15-12-11(18)13(19)17(3)14(20)16(12)2/h5-8H,4H2,1-3H3/q+1. The van der Waals surface area contributed by atoms with Gasteiger partial charge in [0.1, 0.15) is 12.1 Å². The van der Waals surface area contributed by atoms with Crippen molar-refractivity contribution in [2.45, 2.75) is 13.5 Å². The van der Waals surface area contributed by atoms with Gasteiger partial charge in [-0.1, -0.05) is 12.1 Å². The quantitative estimate of drug-likeness (QED) is 0.465. The van der Waals surface area contributed by atoms with E-state index in [1.165, 1.54) is 11.6 Å². The van der Waals surface area contributed by atoms with Gasteiger partial charge in [0.2, 0.25) is 11.2 Å². The molecule has 0 saturated carbocycles. The lowest BCUT2D eigenvalue weighted by Gasteiger charge is -2.07. The SMILES string of the molecule is CC[n+]1c2ccccc2nc2c1c(=O)n(C)c(=O)n2C. The number of rotatable bonds is 1. The Morgan fingerprint density at radius 2 is 1.85 bits per heavy atom. The van der Waals surface area contributed by atoms with Gasteiger partial charge in [-0.2, -0.15) is 4.57 Å². The molecule has 1 aromatic carbocycles. The highest BCUT2D eigenvalue weighted by atomic mass is 16.2. The van der Waals surface area contributed by atoms with Gasteiger partial charge in [-0.05, 0) is 13.0 Å². The first-order chi connectivity index (χ1) is 9.56. The summed E-state index contributed by atoms with van der Waals surface area (Å²) in [5.74, 6) is 0. The molecule has 0 amide bonds. The molecule has 0 spiro atoms. The van der Waals surface area contributed by atoms with Gasteiger partial charge >= 0.3 is 16.8 Å². The minimum Gasteiger partial charge on any atom is -0.275 e. The first-order valence-corrected chi connectivity index (χ1v) is 6.44. The van der Waals surface area contributed by atoms with Gasteiger partial charge < -0.3 is 0 Å². The maximum atomic E-state index is 12.4. The van der Waals surface area contributed by atoms with Crippen molar-refractivity contribution in [1.29, 1.82) is 0 Å². The third-order valence-corrected chi connectivity index (χ3v) is 3.60. The van der Waals surface area contributed by atoms with Crippen molar-refractivity contribution in [1.82, 2.24) is 14.1 Å². The number of fused-ring (bicyclic) bond motifs is 2. The predicted octanol–water partition coefficient (Wildman–Crippen LogP) is 0.0928. The smallest absolute Gasteiger partial charge is 0.275 e. The lowest BCUT2D eigenvalue weighted by molar-refractivity contribution is -0.642. The molecule has 0 atom stereocenters. The summed E-state index contributed by atoms with van der Waals surface area (Å²) >= 11 is 0. The Morgan fingerprint density at radius 3 is 2.55 bits per heavy atom. The summed E-state index contributed by atoms with van der Waals surface area (Å²) in [7, 11) is 3.12. The number of hydrogen-bond acceptors (Lipinski definition) is 3. The molecule has 6 nitrogen and oxygen atoms in total. The summed E-state index contributed by atoms with van der Waals surface area (Å²) in [5, 5.41) is 0. The molecule has 0 radical (unpaired) electrons. The first kappa shape index (κ1) is 12.5. The Bertz CT molecular complexity index is 953. The van der Waals surface area contributed by atoms with E-state index in [0.717, 1.165) is 15.6 Å². The van der Waals surface area contributed by atoms with Gasteiger partial charge in [0.05, 0.1) is 0 Å². The number of para-hydroxylation sites is 2. The van der Waals surface area contributed by atoms with E-state index >= 15 is 0 Å². The molecule has 102 valence electrons. The van der Waals surface area contributed by atoms with Crippen molar-refractivity contribution in [2.75, 3.05) is 0 Å². The lowest BCUT2D eigenvalue weighted by atomic mass is 10.2. The van der Waals surface area contributed by atoms with E-state index in [1.807, 2.05) is 35.8 Å². The van der Waals surface area contributed by atoms with Crippen LogP contribution in [0.3, 0.4) is 0 Å². The van der Waals surface area contributed by atoms with Crippen LogP contribution in [0.1, 0.15) is 6.92 Å². The number of benzene rings is 1. The summed E-state index contributed by atoms with van der Waals surface area (Å²) < 4.78 is 4.43. The number of nitrogens with zero attached hydrogens (tertiary/aromatic N) is 4. The van der Waals surface area contributed by atoms with E-state index in [2.05, 4.69) is 4.98 Å². The molecule has 0 aliphatic rings. The van der Waals surface area contributed by atoms with Crippen LogP contribution in [-0.4, -0.2) is 14.1 Å². The highest BCUT2D eigenvalue weighted by molar-refractivity contribution is 5.78. The Kier molecular flexibility index (Phi) is 2.67. The van der Waals surface area contributed by atoms with Crippen LogP contribution in [0.5, 0.6) is 0 Å². The fraction of sp³-hybridized carbons (Fsp3) is 0.286. The fourth-order valence-electron chi connectivity index (χ4n) is 2.53. The van der Waals surface area contributed by atoms with Crippen LogP contribution in [0.25, 0.3) is 22.2 Å². The summed E-state index contributed by atoms with van der Waals surface area (Å²) in [5.41, 5.74) is 1.84. The first-order valence-electron chi connectivity index (χ1n) is 6.44. The molecule has 0 aliphatic heterocycles. The average molecular weight is 271 g/mol. The van der Waals surface area contributed by atoms with Crippen LogP contribution in [0, 0.1) is 0 Å². The molecule has 0 fully saturated rings. The third kappa shape index (κ3) is 1.51. The van der Waals surface area contributed by atoms with Crippen LogP contribution in [-0.2, 0) is 20.6 Å². The predicted molar refractivity (Wildman–Crippen MR) is 75.6 cm³/mol. The molecule has 0 aliphatic carbocycles. The van der Waals surface area contributed by atoms with E-state index in [1.54, 1.807) is 7.05 Å². The van der Waals surface area contributed by atoms with Crippen molar-refractivity contribution in [3.63, 3.8) is 0 Å². The Balaban J connectivity index is 2.74. The molecule has 0 unspecified atom stereocenters. The zero-order valence-electron chi connectivity index (χ0n) is 11.6. The van der Waals surface area contributed by atoms with Crippen molar-refractivity contribution >= 4 is 22.2 Å². The van der Waals surface area contributed by atoms with E-state index in [4.69, 9.17) is 0 Å². The molecule has 2 heterocycles. The number of aromatic nitrogens is 4. The van der Waals surface area contributed by atoms with Gasteiger partial charge in [-0.15, -0.1) is 0 Å². The van der Waals surface area contributed by atoms with Crippen LogP contribution in [0.2, 0.25) is 0 Å². The molecular formula is C14H15N4O2+. The second-order valence-electron chi connectivity index (χ2n) is 4.72.